The molecule has 1 aromatic heterocycles. The molecule has 12 heteroatoms. The maximum atomic E-state index is 12.5. The second-order valence-electron chi connectivity index (χ2n) is 8.13. The Morgan fingerprint density at radius 2 is 1.70 bits per heavy atom. The molecule has 0 saturated carbocycles. The molecule has 0 saturated heterocycles. The van der Waals surface area contributed by atoms with Crippen molar-refractivity contribution in [1.82, 2.24) is 0 Å². The SMILES string of the molecule is NC(CO)(CO)COC(=O)c1cc(Cl)ccc1NC(=O)COCC(=O)Nc1cccc(-c2ccoc2)c1. The molecule has 11 nitrogen and oxygen atoms in total. The van der Waals surface area contributed by atoms with Crippen LogP contribution in [0.2, 0.25) is 5.02 Å². The van der Waals surface area contributed by atoms with Crippen LogP contribution in [0.4, 0.5) is 11.4 Å². The van der Waals surface area contributed by atoms with E-state index in [0.29, 0.717) is 5.69 Å². The third kappa shape index (κ3) is 8.13. The van der Waals surface area contributed by atoms with Gasteiger partial charge in [0, 0.05) is 16.3 Å². The minimum absolute atomic E-state index is 0.0747. The van der Waals surface area contributed by atoms with E-state index in [-0.39, 0.29) is 22.9 Å². The Hall–Kier alpha value is -3.74. The van der Waals surface area contributed by atoms with Crippen molar-refractivity contribution in [2.45, 2.75) is 5.54 Å². The fourth-order valence-corrected chi connectivity index (χ4v) is 3.22. The van der Waals surface area contributed by atoms with Crippen LogP contribution in [-0.2, 0) is 19.1 Å². The van der Waals surface area contributed by atoms with Gasteiger partial charge in [-0.1, -0.05) is 23.7 Å². The number of aliphatic hydroxyl groups excluding tert-OH is 2. The number of halogens is 1. The van der Waals surface area contributed by atoms with Gasteiger partial charge in [0.2, 0.25) is 11.8 Å². The first-order valence-corrected chi connectivity index (χ1v) is 11.4. The summed E-state index contributed by atoms with van der Waals surface area (Å²) < 4.78 is 15.3. The van der Waals surface area contributed by atoms with Gasteiger partial charge in [-0.3, -0.25) is 9.59 Å². The van der Waals surface area contributed by atoms with E-state index < -0.39 is 49.8 Å². The normalized spacial score (nSPS) is 11.1. The molecule has 6 N–H and O–H groups in total. The van der Waals surface area contributed by atoms with Gasteiger partial charge in [-0.25, -0.2) is 4.79 Å². The topological polar surface area (TPSA) is 173 Å². The Balaban J connectivity index is 1.51. The second kappa shape index (κ2) is 13.0. The van der Waals surface area contributed by atoms with E-state index in [1.807, 2.05) is 6.07 Å². The molecule has 196 valence electrons. The molecule has 0 aliphatic heterocycles. The highest BCUT2D eigenvalue weighted by Crippen LogP contribution is 2.23. The molecule has 3 rings (SSSR count). The largest absolute Gasteiger partial charge is 0.472 e. The van der Waals surface area contributed by atoms with E-state index in [9.17, 15) is 24.6 Å². The average molecular weight is 532 g/mol. The van der Waals surface area contributed by atoms with Crippen LogP contribution in [0.5, 0.6) is 0 Å². The molecule has 0 aliphatic carbocycles. The number of rotatable bonds is 12. The lowest BCUT2D eigenvalue weighted by atomic mass is 10.1. The number of amides is 2. The zero-order chi connectivity index (χ0) is 26.8. The zero-order valence-electron chi connectivity index (χ0n) is 19.6. The lowest BCUT2D eigenvalue weighted by molar-refractivity contribution is -0.125. The van der Waals surface area contributed by atoms with E-state index in [1.165, 1.54) is 18.2 Å². The number of nitrogens with one attached hydrogen (secondary N) is 2. The number of ether oxygens (including phenoxy) is 2. The van der Waals surface area contributed by atoms with Crippen LogP contribution in [0.3, 0.4) is 0 Å². The standard InChI is InChI=1S/C25H26ClN3O8/c26-18-4-5-21(20(9-18)24(34)37-15-25(27,13-30)14-31)29-23(33)12-36-11-22(32)28-19-3-1-2-16(8-19)17-6-7-35-10-17/h1-10,30-31H,11-15,27H2,(H,28,32)(H,29,33). The number of hydrogen-bond acceptors (Lipinski definition) is 9. The first kappa shape index (κ1) is 27.8. The van der Waals surface area contributed by atoms with Crippen LogP contribution in [-0.4, -0.2) is 66.6 Å². The summed E-state index contributed by atoms with van der Waals surface area (Å²) in [5.41, 5.74) is 6.45. The number of benzene rings is 2. The molecule has 2 amide bonds. The second-order valence-corrected chi connectivity index (χ2v) is 8.56. The number of furan rings is 1. The van der Waals surface area contributed by atoms with E-state index in [2.05, 4.69) is 10.6 Å². The summed E-state index contributed by atoms with van der Waals surface area (Å²) in [5.74, 6) is -1.98. The minimum Gasteiger partial charge on any atom is -0.472 e. The summed E-state index contributed by atoms with van der Waals surface area (Å²) in [6.07, 6.45) is 3.14. The van der Waals surface area contributed by atoms with Crippen molar-refractivity contribution >= 4 is 40.8 Å². The van der Waals surface area contributed by atoms with Crippen molar-refractivity contribution in [2.24, 2.45) is 5.73 Å². The number of nitrogens with two attached hydrogens (primary N) is 1. The van der Waals surface area contributed by atoms with Crippen molar-refractivity contribution in [1.29, 1.82) is 0 Å². The molecule has 3 aromatic rings. The van der Waals surface area contributed by atoms with Gasteiger partial charge >= 0.3 is 5.97 Å². The predicted octanol–water partition coefficient (Wildman–Crippen LogP) is 2.03. The third-order valence-electron chi connectivity index (χ3n) is 5.06. The Bertz CT molecular complexity index is 1230. The van der Waals surface area contributed by atoms with Gasteiger partial charge in [0.15, 0.2) is 0 Å². The summed E-state index contributed by atoms with van der Waals surface area (Å²) in [6, 6.07) is 13.1. The zero-order valence-corrected chi connectivity index (χ0v) is 20.4. The highest BCUT2D eigenvalue weighted by molar-refractivity contribution is 6.31. The lowest BCUT2D eigenvalue weighted by Crippen LogP contribution is -2.51. The highest BCUT2D eigenvalue weighted by atomic mass is 35.5. The Kier molecular flexibility index (Phi) is 9.78. The predicted molar refractivity (Wildman–Crippen MR) is 135 cm³/mol. The fourth-order valence-electron chi connectivity index (χ4n) is 3.05. The van der Waals surface area contributed by atoms with Crippen molar-refractivity contribution in [3.05, 3.63) is 71.6 Å². The van der Waals surface area contributed by atoms with Gasteiger partial charge in [0.05, 0.1) is 42.5 Å². The molecule has 0 unspecified atom stereocenters. The summed E-state index contributed by atoms with van der Waals surface area (Å²) in [7, 11) is 0. The molecule has 0 spiro atoms. The maximum absolute atomic E-state index is 12.5. The van der Waals surface area contributed by atoms with Crippen LogP contribution in [0.15, 0.2) is 65.5 Å². The number of aliphatic hydroxyl groups is 2. The van der Waals surface area contributed by atoms with Crippen molar-refractivity contribution in [3.63, 3.8) is 0 Å². The molecular weight excluding hydrogens is 506 g/mol. The van der Waals surface area contributed by atoms with Gasteiger partial charge in [-0.05, 0) is 42.0 Å². The Labute approximate surface area is 217 Å². The van der Waals surface area contributed by atoms with Crippen LogP contribution in [0.1, 0.15) is 10.4 Å². The molecule has 2 aromatic carbocycles. The number of hydrogen-bond donors (Lipinski definition) is 5. The molecule has 37 heavy (non-hydrogen) atoms. The van der Waals surface area contributed by atoms with Crippen molar-refractivity contribution < 1.29 is 38.5 Å². The highest BCUT2D eigenvalue weighted by Gasteiger charge is 2.26. The molecule has 0 fully saturated rings. The summed E-state index contributed by atoms with van der Waals surface area (Å²) >= 11 is 5.97. The van der Waals surface area contributed by atoms with Gasteiger partial charge in [-0.15, -0.1) is 0 Å². The molecule has 0 radical (unpaired) electrons. The fraction of sp³-hybridized carbons (Fsp3) is 0.240. The number of carbonyl (C=O) groups is 3. The number of carbonyl (C=O) groups excluding carboxylic acids is 3. The quantitative estimate of drug-likeness (QED) is 0.219. The first-order valence-electron chi connectivity index (χ1n) is 11.0. The monoisotopic (exact) mass is 531 g/mol. The number of esters is 1. The third-order valence-corrected chi connectivity index (χ3v) is 5.30. The van der Waals surface area contributed by atoms with Crippen LogP contribution in [0, 0.1) is 0 Å². The van der Waals surface area contributed by atoms with Crippen LogP contribution < -0.4 is 16.4 Å². The van der Waals surface area contributed by atoms with Gasteiger partial charge in [0.25, 0.3) is 0 Å². The average Bonchev–Trinajstić information content (AvgIpc) is 3.43. The van der Waals surface area contributed by atoms with Crippen molar-refractivity contribution in [2.75, 3.05) is 43.7 Å². The lowest BCUT2D eigenvalue weighted by Gasteiger charge is -2.24. The van der Waals surface area contributed by atoms with Crippen LogP contribution in [0.25, 0.3) is 11.1 Å². The van der Waals surface area contributed by atoms with E-state index in [1.54, 1.807) is 36.8 Å². The van der Waals surface area contributed by atoms with Crippen molar-refractivity contribution in [3.8, 4) is 11.1 Å². The minimum atomic E-state index is -1.52. The van der Waals surface area contributed by atoms with Crippen LogP contribution >= 0.6 is 11.6 Å². The Morgan fingerprint density at radius 1 is 0.973 bits per heavy atom. The van der Waals surface area contributed by atoms with Gasteiger partial charge in [-0.2, -0.15) is 0 Å². The van der Waals surface area contributed by atoms with E-state index >= 15 is 0 Å². The summed E-state index contributed by atoms with van der Waals surface area (Å²) in [5, 5.41) is 23.9. The molecule has 0 atom stereocenters. The molecule has 0 aliphatic rings. The maximum Gasteiger partial charge on any atom is 0.340 e. The molecule has 1 heterocycles. The first-order chi connectivity index (χ1) is 17.7. The van der Waals surface area contributed by atoms with Gasteiger partial charge < -0.3 is 40.5 Å². The number of anilines is 2. The van der Waals surface area contributed by atoms with Gasteiger partial charge in [0.1, 0.15) is 19.8 Å². The smallest absolute Gasteiger partial charge is 0.340 e. The Morgan fingerprint density at radius 3 is 2.38 bits per heavy atom. The molecular formula is C25H26ClN3O8. The van der Waals surface area contributed by atoms with E-state index in [0.717, 1.165) is 11.1 Å². The molecule has 0 bridgehead atoms. The summed E-state index contributed by atoms with van der Waals surface area (Å²) in [4.78, 5) is 37.1. The summed E-state index contributed by atoms with van der Waals surface area (Å²) in [6.45, 7) is -2.56. The van der Waals surface area contributed by atoms with E-state index in [4.69, 9.17) is 31.2 Å².